The van der Waals surface area contributed by atoms with Crippen LogP contribution in [0.2, 0.25) is 0 Å². The van der Waals surface area contributed by atoms with Crippen molar-refractivity contribution >= 4 is 17.2 Å². The summed E-state index contributed by atoms with van der Waals surface area (Å²) in [5.74, 6) is 0.480. The van der Waals surface area contributed by atoms with E-state index in [1.54, 1.807) is 31.4 Å². The molecular formula is C12H12N2O2S. The fourth-order valence-corrected chi connectivity index (χ4v) is 2.05. The molecule has 0 aliphatic rings. The second-order valence-electron chi connectivity index (χ2n) is 3.44. The molecule has 0 saturated heterocycles. The van der Waals surface area contributed by atoms with Crippen LogP contribution in [-0.4, -0.2) is 17.6 Å². The SMILES string of the molecule is COc1ccc(C(=O)N=c2sccn2C)cc1. The quantitative estimate of drug-likeness (QED) is 0.814. The topological polar surface area (TPSA) is 43.6 Å². The molecule has 0 spiro atoms. The molecule has 0 bridgehead atoms. The summed E-state index contributed by atoms with van der Waals surface area (Å²) >= 11 is 1.43. The van der Waals surface area contributed by atoms with Gasteiger partial charge in [-0.15, -0.1) is 11.3 Å². The lowest BCUT2D eigenvalue weighted by molar-refractivity contribution is 0.0998. The van der Waals surface area contributed by atoms with Crippen LogP contribution in [-0.2, 0) is 7.05 Å². The van der Waals surface area contributed by atoms with Crippen LogP contribution in [0.15, 0.2) is 40.8 Å². The smallest absolute Gasteiger partial charge is 0.279 e. The summed E-state index contributed by atoms with van der Waals surface area (Å²) in [6.07, 6.45) is 1.87. The normalized spacial score (nSPS) is 11.5. The maximum absolute atomic E-state index is 11.8. The standard InChI is InChI=1S/C12H12N2O2S/c1-14-7-8-17-12(14)13-11(15)9-3-5-10(16-2)6-4-9/h3-8H,1-2H3. The highest BCUT2D eigenvalue weighted by Crippen LogP contribution is 2.11. The monoisotopic (exact) mass is 248 g/mol. The lowest BCUT2D eigenvalue weighted by atomic mass is 10.2. The first-order chi connectivity index (χ1) is 8.20. The van der Waals surface area contributed by atoms with E-state index >= 15 is 0 Å². The predicted molar refractivity (Wildman–Crippen MR) is 66.2 cm³/mol. The second-order valence-corrected chi connectivity index (χ2v) is 4.31. The number of hydrogen-bond donors (Lipinski definition) is 0. The van der Waals surface area contributed by atoms with Gasteiger partial charge in [0.2, 0.25) is 0 Å². The zero-order valence-electron chi connectivity index (χ0n) is 9.58. The number of amides is 1. The van der Waals surface area contributed by atoms with Crippen LogP contribution in [0, 0.1) is 0 Å². The van der Waals surface area contributed by atoms with Crippen molar-refractivity contribution in [1.29, 1.82) is 0 Å². The third kappa shape index (κ3) is 2.62. The first kappa shape index (κ1) is 11.6. The zero-order chi connectivity index (χ0) is 12.3. The molecule has 0 aliphatic heterocycles. The summed E-state index contributed by atoms with van der Waals surface area (Å²) in [7, 11) is 3.45. The highest BCUT2D eigenvalue weighted by Gasteiger charge is 2.04. The number of ether oxygens (including phenoxy) is 1. The molecule has 17 heavy (non-hydrogen) atoms. The van der Waals surface area contributed by atoms with Crippen molar-refractivity contribution in [3.8, 4) is 5.75 Å². The summed E-state index contributed by atoms with van der Waals surface area (Å²) in [6, 6.07) is 6.91. The fraction of sp³-hybridized carbons (Fsp3) is 0.167. The molecule has 0 fully saturated rings. The van der Waals surface area contributed by atoms with Gasteiger partial charge in [-0.3, -0.25) is 4.79 Å². The summed E-state index contributed by atoms with van der Waals surface area (Å²) in [6.45, 7) is 0. The number of rotatable bonds is 2. The minimum Gasteiger partial charge on any atom is -0.497 e. The number of thiazole rings is 1. The number of methoxy groups -OCH3 is 1. The number of carbonyl (C=O) groups is 1. The number of nitrogens with zero attached hydrogens (tertiary/aromatic N) is 2. The lowest BCUT2D eigenvalue weighted by Gasteiger charge is -1.99. The zero-order valence-corrected chi connectivity index (χ0v) is 10.4. The van der Waals surface area contributed by atoms with Crippen molar-refractivity contribution in [2.24, 2.45) is 12.0 Å². The van der Waals surface area contributed by atoms with Crippen LogP contribution >= 0.6 is 11.3 Å². The van der Waals surface area contributed by atoms with E-state index in [-0.39, 0.29) is 5.91 Å². The Labute approximate surface area is 103 Å². The number of benzene rings is 1. The lowest BCUT2D eigenvalue weighted by Crippen LogP contribution is -2.12. The Hall–Kier alpha value is -1.88. The molecular weight excluding hydrogens is 236 g/mol. The van der Waals surface area contributed by atoms with E-state index < -0.39 is 0 Å². The molecule has 1 heterocycles. The molecule has 1 aromatic heterocycles. The Morgan fingerprint density at radius 3 is 2.59 bits per heavy atom. The molecule has 1 aromatic carbocycles. The van der Waals surface area contributed by atoms with Crippen LogP contribution in [0.5, 0.6) is 5.75 Å². The Morgan fingerprint density at radius 1 is 1.35 bits per heavy atom. The van der Waals surface area contributed by atoms with Crippen molar-refractivity contribution in [2.45, 2.75) is 0 Å². The van der Waals surface area contributed by atoms with Crippen LogP contribution in [0.4, 0.5) is 0 Å². The Balaban J connectivity index is 2.29. The molecule has 1 amide bonds. The molecule has 88 valence electrons. The van der Waals surface area contributed by atoms with Gasteiger partial charge >= 0.3 is 0 Å². The molecule has 0 saturated carbocycles. The van der Waals surface area contributed by atoms with Gasteiger partial charge in [-0.25, -0.2) is 0 Å². The van der Waals surface area contributed by atoms with Crippen molar-refractivity contribution in [3.63, 3.8) is 0 Å². The van der Waals surface area contributed by atoms with Gasteiger partial charge in [0.15, 0.2) is 4.80 Å². The van der Waals surface area contributed by atoms with Gasteiger partial charge in [0, 0.05) is 24.2 Å². The van der Waals surface area contributed by atoms with E-state index in [9.17, 15) is 4.79 Å². The molecule has 0 unspecified atom stereocenters. The molecule has 2 aromatic rings. The number of aromatic nitrogens is 1. The Bertz CT molecular complexity index is 581. The average Bonchev–Trinajstić information content (AvgIpc) is 2.75. The largest absolute Gasteiger partial charge is 0.497 e. The van der Waals surface area contributed by atoms with Gasteiger partial charge in [-0.1, -0.05) is 0 Å². The van der Waals surface area contributed by atoms with E-state index in [4.69, 9.17) is 4.74 Å². The molecule has 0 N–H and O–H groups in total. The highest BCUT2D eigenvalue weighted by molar-refractivity contribution is 7.07. The maximum Gasteiger partial charge on any atom is 0.279 e. The molecule has 2 rings (SSSR count). The van der Waals surface area contributed by atoms with E-state index in [2.05, 4.69) is 4.99 Å². The van der Waals surface area contributed by atoms with Gasteiger partial charge < -0.3 is 9.30 Å². The van der Waals surface area contributed by atoms with Crippen molar-refractivity contribution in [2.75, 3.05) is 7.11 Å². The van der Waals surface area contributed by atoms with Gasteiger partial charge in [0.1, 0.15) is 5.75 Å². The molecule has 0 atom stereocenters. The molecule has 4 nitrogen and oxygen atoms in total. The number of carbonyl (C=O) groups excluding carboxylic acids is 1. The van der Waals surface area contributed by atoms with Crippen LogP contribution in [0.3, 0.4) is 0 Å². The highest BCUT2D eigenvalue weighted by atomic mass is 32.1. The van der Waals surface area contributed by atoms with Gasteiger partial charge in [0.25, 0.3) is 5.91 Å². The van der Waals surface area contributed by atoms with Gasteiger partial charge in [-0.05, 0) is 24.3 Å². The van der Waals surface area contributed by atoms with E-state index in [1.807, 2.05) is 23.2 Å². The van der Waals surface area contributed by atoms with Gasteiger partial charge in [-0.2, -0.15) is 4.99 Å². The summed E-state index contributed by atoms with van der Waals surface area (Å²) in [5, 5.41) is 1.89. The fourth-order valence-electron chi connectivity index (χ4n) is 1.32. The Morgan fingerprint density at radius 2 is 2.06 bits per heavy atom. The van der Waals surface area contributed by atoms with Crippen LogP contribution in [0.25, 0.3) is 0 Å². The van der Waals surface area contributed by atoms with Crippen LogP contribution < -0.4 is 9.54 Å². The predicted octanol–water partition coefficient (Wildman–Crippen LogP) is 1.84. The maximum atomic E-state index is 11.8. The average molecular weight is 248 g/mol. The first-order valence-electron chi connectivity index (χ1n) is 5.04. The summed E-state index contributed by atoms with van der Waals surface area (Å²) in [4.78, 5) is 16.6. The third-order valence-electron chi connectivity index (χ3n) is 2.29. The van der Waals surface area contributed by atoms with E-state index in [1.165, 1.54) is 11.3 Å². The second kappa shape index (κ2) is 4.97. The van der Waals surface area contributed by atoms with E-state index in [0.29, 0.717) is 10.4 Å². The molecule has 5 heteroatoms. The van der Waals surface area contributed by atoms with Gasteiger partial charge in [0.05, 0.1) is 7.11 Å². The van der Waals surface area contributed by atoms with Crippen molar-refractivity contribution in [3.05, 3.63) is 46.2 Å². The summed E-state index contributed by atoms with van der Waals surface area (Å²) < 4.78 is 6.84. The Kier molecular flexibility index (Phi) is 3.39. The first-order valence-corrected chi connectivity index (χ1v) is 5.92. The van der Waals surface area contributed by atoms with E-state index in [0.717, 1.165) is 5.75 Å². The molecule has 0 aliphatic carbocycles. The minimum atomic E-state index is -0.245. The molecule has 0 radical (unpaired) electrons. The third-order valence-corrected chi connectivity index (χ3v) is 3.14. The van der Waals surface area contributed by atoms with Crippen molar-refractivity contribution in [1.82, 2.24) is 4.57 Å². The number of aryl methyl sites for hydroxylation is 1. The summed E-state index contributed by atoms with van der Waals surface area (Å²) in [5.41, 5.74) is 0.555. The minimum absolute atomic E-state index is 0.245. The van der Waals surface area contributed by atoms with Crippen LogP contribution in [0.1, 0.15) is 10.4 Å². The van der Waals surface area contributed by atoms with Crippen molar-refractivity contribution < 1.29 is 9.53 Å². The number of hydrogen-bond acceptors (Lipinski definition) is 3.